The van der Waals surface area contributed by atoms with Gasteiger partial charge in [0.2, 0.25) is 7.37 Å². The lowest BCUT2D eigenvalue weighted by Gasteiger charge is -2.06. The lowest BCUT2D eigenvalue weighted by molar-refractivity contribution is 0.496. The van der Waals surface area contributed by atoms with Crippen LogP contribution in [0.2, 0.25) is 0 Å². The van der Waals surface area contributed by atoms with Gasteiger partial charge in [-0.1, -0.05) is 22.0 Å². The first-order valence-corrected chi connectivity index (χ1v) is 6.38. The molecule has 66 valence electrons. The van der Waals surface area contributed by atoms with Crippen molar-refractivity contribution in [2.45, 2.75) is 6.92 Å². The van der Waals surface area contributed by atoms with Crippen molar-refractivity contribution in [1.29, 1.82) is 0 Å². The van der Waals surface area contributed by atoms with Crippen molar-refractivity contribution in [2.75, 3.05) is 6.66 Å². The van der Waals surface area contributed by atoms with Crippen LogP contribution in [0.3, 0.4) is 0 Å². The van der Waals surface area contributed by atoms with Crippen molar-refractivity contribution in [3.8, 4) is 0 Å². The minimum atomic E-state index is -3.09. The molecule has 1 aromatic rings. The van der Waals surface area contributed by atoms with Crippen molar-refractivity contribution in [3.63, 3.8) is 0 Å². The predicted octanol–water partition coefficient (Wildman–Crippen LogP) is 2.28. The second-order valence-corrected chi connectivity index (χ2v) is 5.94. The maximum absolute atomic E-state index is 11.2. The molecule has 0 spiro atoms. The van der Waals surface area contributed by atoms with Crippen LogP contribution in [0.1, 0.15) is 5.56 Å². The van der Waals surface area contributed by atoms with Crippen LogP contribution in [0, 0.1) is 6.92 Å². The van der Waals surface area contributed by atoms with Crippen LogP contribution in [-0.2, 0) is 4.57 Å². The maximum Gasteiger partial charge on any atom is 0.226 e. The van der Waals surface area contributed by atoms with Crippen molar-refractivity contribution in [2.24, 2.45) is 0 Å². The zero-order valence-corrected chi connectivity index (χ0v) is 9.39. The molecule has 4 heteroatoms. The summed E-state index contributed by atoms with van der Waals surface area (Å²) in [7, 11) is -3.09. The fourth-order valence-electron chi connectivity index (χ4n) is 0.840. The van der Waals surface area contributed by atoms with Gasteiger partial charge in [-0.2, -0.15) is 0 Å². The van der Waals surface area contributed by atoms with Crippen LogP contribution in [0.4, 0.5) is 0 Å². The third-order valence-electron chi connectivity index (χ3n) is 1.63. The quantitative estimate of drug-likeness (QED) is 0.775. The lowest BCUT2D eigenvalue weighted by atomic mass is 10.2. The summed E-state index contributed by atoms with van der Waals surface area (Å²) in [6.45, 7) is 3.27. The van der Waals surface area contributed by atoms with Gasteiger partial charge in [0.1, 0.15) is 0 Å². The second-order valence-electron chi connectivity index (χ2n) is 2.81. The van der Waals surface area contributed by atoms with Gasteiger partial charge in [0.15, 0.2) is 0 Å². The van der Waals surface area contributed by atoms with Crippen LogP contribution in [0.25, 0.3) is 0 Å². The number of rotatable bonds is 1. The molecule has 0 fully saturated rings. The molecule has 0 bridgehead atoms. The summed E-state index contributed by atoms with van der Waals surface area (Å²) in [5, 5.41) is 0.486. The number of hydrogen-bond donors (Lipinski definition) is 1. The largest absolute Gasteiger partial charge is 0.341 e. The van der Waals surface area contributed by atoms with E-state index in [1.165, 1.54) is 6.66 Å². The summed E-state index contributed by atoms with van der Waals surface area (Å²) in [5.74, 6) is 0. The van der Waals surface area contributed by atoms with E-state index >= 15 is 0 Å². The smallest absolute Gasteiger partial charge is 0.226 e. The Morgan fingerprint density at radius 2 is 2.08 bits per heavy atom. The zero-order chi connectivity index (χ0) is 9.35. The highest BCUT2D eigenvalue weighted by Crippen LogP contribution is 2.34. The Kier molecular flexibility index (Phi) is 2.77. The average molecular weight is 249 g/mol. The van der Waals surface area contributed by atoms with Crippen LogP contribution in [0.15, 0.2) is 22.7 Å². The Morgan fingerprint density at radius 3 is 2.50 bits per heavy atom. The van der Waals surface area contributed by atoms with Crippen molar-refractivity contribution >= 4 is 28.6 Å². The van der Waals surface area contributed by atoms with Gasteiger partial charge in [-0.25, -0.2) is 0 Å². The van der Waals surface area contributed by atoms with Gasteiger partial charge in [0.05, 0.1) is 0 Å². The summed E-state index contributed by atoms with van der Waals surface area (Å²) in [6, 6.07) is 5.20. The van der Waals surface area contributed by atoms with Crippen molar-refractivity contribution in [1.82, 2.24) is 0 Å². The molecule has 0 aromatic heterocycles. The fraction of sp³-hybridized carbons (Fsp3) is 0.250. The third kappa shape index (κ3) is 2.19. The molecule has 0 radical (unpaired) electrons. The molecule has 1 aromatic carbocycles. The number of benzene rings is 1. The molecule has 1 atom stereocenters. The predicted molar refractivity (Wildman–Crippen MR) is 54.3 cm³/mol. The number of aryl methyl sites for hydroxylation is 1. The monoisotopic (exact) mass is 248 g/mol. The summed E-state index contributed by atoms with van der Waals surface area (Å²) in [6.07, 6.45) is 0. The molecule has 0 amide bonds. The summed E-state index contributed by atoms with van der Waals surface area (Å²) >= 11 is 3.31. The number of hydrogen-bond acceptors (Lipinski definition) is 1. The average Bonchev–Trinajstić information content (AvgIpc) is 1.92. The van der Waals surface area contributed by atoms with E-state index in [0.717, 1.165) is 10.0 Å². The van der Waals surface area contributed by atoms with E-state index in [1.807, 2.05) is 13.0 Å². The van der Waals surface area contributed by atoms with E-state index in [9.17, 15) is 9.46 Å². The Bertz CT molecular complexity index is 343. The van der Waals surface area contributed by atoms with E-state index in [2.05, 4.69) is 15.9 Å². The molecular formula is C8H10BrO2P. The van der Waals surface area contributed by atoms with Gasteiger partial charge in [0.25, 0.3) is 0 Å². The lowest BCUT2D eigenvalue weighted by Crippen LogP contribution is -2.02. The zero-order valence-electron chi connectivity index (χ0n) is 6.91. The van der Waals surface area contributed by atoms with Crippen LogP contribution in [-0.4, -0.2) is 11.6 Å². The first kappa shape index (κ1) is 9.97. The SMILES string of the molecule is Cc1ccc(P(C)(=O)O)cc1Br. The van der Waals surface area contributed by atoms with E-state index < -0.39 is 7.37 Å². The molecule has 1 unspecified atom stereocenters. The Morgan fingerprint density at radius 1 is 1.50 bits per heavy atom. The highest BCUT2D eigenvalue weighted by Gasteiger charge is 2.13. The van der Waals surface area contributed by atoms with Gasteiger partial charge >= 0.3 is 0 Å². The number of halogens is 1. The van der Waals surface area contributed by atoms with E-state index in [-0.39, 0.29) is 0 Å². The first-order valence-electron chi connectivity index (χ1n) is 3.48. The highest BCUT2D eigenvalue weighted by molar-refractivity contribution is 9.10. The van der Waals surface area contributed by atoms with E-state index in [1.54, 1.807) is 12.1 Å². The highest BCUT2D eigenvalue weighted by atomic mass is 79.9. The minimum absolute atomic E-state index is 0.486. The molecular weight excluding hydrogens is 239 g/mol. The Hall–Kier alpha value is -0.110. The molecule has 0 aliphatic rings. The molecule has 0 heterocycles. The molecule has 1 N–H and O–H groups in total. The maximum atomic E-state index is 11.2. The molecule has 2 nitrogen and oxygen atoms in total. The molecule has 0 saturated heterocycles. The minimum Gasteiger partial charge on any atom is -0.341 e. The molecule has 1 rings (SSSR count). The molecule has 0 aliphatic heterocycles. The van der Waals surface area contributed by atoms with E-state index in [0.29, 0.717) is 5.30 Å². The van der Waals surface area contributed by atoms with Gasteiger partial charge in [-0.15, -0.1) is 0 Å². The normalized spacial score (nSPS) is 15.7. The first-order chi connectivity index (χ1) is 5.41. The Balaban J connectivity index is 3.23. The molecule has 0 saturated carbocycles. The topological polar surface area (TPSA) is 37.3 Å². The van der Waals surface area contributed by atoms with Crippen LogP contribution >= 0.6 is 23.3 Å². The second kappa shape index (κ2) is 3.33. The van der Waals surface area contributed by atoms with Gasteiger partial charge < -0.3 is 4.89 Å². The van der Waals surface area contributed by atoms with Gasteiger partial charge in [-0.05, 0) is 24.6 Å². The summed E-state index contributed by atoms with van der Waals surface area (Å²) < 4.78 is 12.1. The van der Waals surface area contributed by atoms with Gasteiger partial charge in [-0.3, -0.25) is 4.57 Å². The standard InChI is InChI=1S/C8H10BrO2P/c1-6-3-4-7(5-8(6)9)12(2,10)11/h3-5H,1-2H3,(H,10,11). The van der Waals surface area contributed by atoms with Crippen LogP contribution < -0.4 is 5.30 Å². The summed E-state index contributed by atoms with van der Waals surface area (Å²) in [4.78, 5) is 9.24. The van der Waals surface area contributed by atoms with Crippen molar-refractivity contribution in [3.05, 3.63) is 28.2 Å². The van der Waals surface area contributed by atoms with Crippen molar-refractivity contribution < 1.29 is 9.46 Å². The van der Waals surface area contributed by atoms with E-state index in [4.69, 9.17) is 0 Å². The summed E-state index contributed by atoms with van der Waals surface area (Å²) in [5.41, 5.74) is 1.06. The Labute approximate surface area is 80.2 Å². The fourth-order valence-corrected chi connectivity index (χ4v) is 2.12. The third-order valence-corrected chi connectivity index (χ3v) is 3.73. The molecule has 0 aliphatic carbocycles. The van der Waals surface area contributed by atoms with Gasteiger partial charge in [0, 0.05) is 16.4 Å². The molecule has 12 heavy (non-hydrogen) atoms. The van der Waals surface area contributed by atoms with Crippen LogP contribution in [0.5, 0.6) is 0 Å².